The maximum atomic E-state index is 6.12. The van der Waals surface area contributed by atoms with Gasteiger partial charge in [-0.15, -0.1) is 11.6 Å². The molecule has 0 unspecified atom stereocenters. The zero-order chi connectivity index (χ0) is 12.7. The van der Waals surface area contributed by atoms with Gasteiger partial charge in [-0.05, 0) is 30.2 Å². The summed E-state index contributed by atoms with van der Waals surface area (Å²) in [5.74, 6) is 0.713. The first-order valence-electron chi connectivity index (χ1n) is 6.60. The summed E-state index contributed by atoms with van der Waals surface area (Å²) in [7, 11) is 0. The lowest BCUT2D eigenvalue weighted by atomic mass is 9.79. The van der Waals surface area contributed by atoms with Crippen LogP contribution in [0, 0.1) is 5.41 Å². The van der Waals surface area contributed by atoms with E-state index < -0.39 is 0 Å². The number of alkyl halides is 1. The molecule has 0 spiro atoms. The summed E-state index contributed by atoms with van der Waals surface area (Å²) in [5, 5.41) is 0. The van der Waals surface area contributed by atoms with Crippen molar-refractivity contribution in [2.75, 3.05) is 25.7 Å². The Balaban J connectivity index is 1.71. The average Bonchev–Trinajstić information content (AvgIpc) is 2.46. The Morgan fingerprint density at radius 1 is 1.17 bits per heavy atom. The first-order valence-corrected chi connectivity index (χ1v) is 7.13. The molecule has 0 bridgehead atoms. The van der Waals surface area contributed by atoms with E-state index in [-0.39, 0.29) is 5.41 Å². The first-order chi connectivity index (χ1) is 8.85. The molecule has 2 rings (SSSR count). The molecule has 1 aromatic carbocycles. The number of hydrogen-bond acceptors (Lipinski definition) is 2. The minimum atomic E-state index is 0.233. The Bertz CT molecular complexity index is 334. The van der Waals surface area contributed by atoms with Gasteiger partial charge in [0.25, 0.3) is 0 Å². The SMILES string of the molecule is ClCC1(CCOCc2ccccc2)CCOCC1. The van der Waals surface area contributed by atoms with Gasteiger partial charge in [-0.25, -0.2) is 0 Å². The van der Waals surface area contributed by atoms with Crippen LogP contribution in [-0.4, -0.2) is 25.7 Å². The zero-order valence-corrected chi connectivity index (χ0v) is 11.5. The molecule has 3 heteroatoms. The van der Waals surface area contributed by atoms with Crippen molar-refractivity contribution in [3.05, 3.63) is 35.9 Å². The van der Waals surface area contributed by atoms with Crippen molar-refractivity contribution in [1.29, 1.82) is 0 Å². The molecule has 0 atom stereocenters. The quantitative estimate of drug-likeness (QED) is 0.579. The smallest absolute Gasteiger partial charge is 0.0716 e. The third kappa shape index (κ3) is 3.98. The van der Waals surface area contributed by atoms with Crippen LogP contribution in [-0.2, 0) is 16.1 Å². The van der Waals surface area contributed by atoms with Crippen LogP contribution < -0.4 is 0 Å². The molecule has 1 saturated heterocycles. The van der Waals surface area contributed by atoms with Gasteiger partial charge in [-0.3, -0.25) is 0 Å². The second-order valence-electron chi connectivity index (χ2n) is 5.03. The molecule has 1 fully saturated rings. The topological polar surface area (TPSA) is 18.5 Å². The standard InChI is InChI=1S/C15H21ClO2/c16-13-15(6-9-17-10-7-15)8-11-18-12-14-4-2-1-3-5-14/h1-5H,6-13H2. The second kappa shape index (κ2) is 7.13. The van der Waals surface area contributed by atoms with E-state index in [0.29, 0.717) is 12.5 Å². The van der Waals surface area contributed by atoms with Gasteiger partial charge in [-0.2, -0.15) is 0 Å². The van der Waals surface area contributed by atoms with Crippen molar-refractivity contribution in [1.82, 2.24) is 0 Å². The summed E-state index contributed by atoms with van der Waals surface area (Å²) in [6.07, 6.45) is 3.16. The molecule has 0 amide bonds. The van der Waals surface area contributed by atoms with Crippen molar-refractivity contribution in [3.8, 4) is 0 Å². The minimum Gasteiger partial charge on any atom is -0.381 e. The lowest BCUT2D eigenvalue weighted by Gasteiger charge is -2.35. The average molecular weight is 269 g/mol. The monoisotopic (exact) mass is 268 g/mol. The van der Waals surface area contributed by atoms with Gasteiger partial charge in [0.15, 0.2) is 0 Å². The fourth-order valence-electron chi connectivity index (χ4n) is 2.31. The minimum absolute atomic E-state index is 0.233. The Hall–Kier alpha value is -0.570. The molecule has 0 saturated carbocycles. The summed E-state index contributed by atoms with van der Waals surface area (Å²) >= 11 is 6.12. The fourth-order valence-corrected chi connectivity index (χ4v) is 2.71. The summed E-state index contributed by atoms with van der Waals surface area (Å²) in [6, 6.07) is 10.3. The van der Waals surface area contributed by atoms with E-state index in [1.54, 1.807) is 0 Å². The molecule has 0 aliphatic carbocycles. The van der Waals surface area contributed by atoms with E-state index in [0.717, 1.165) is 39.1 Å². The Morgan fingerprint density at radius 3 is 2.56 bits per heavy atom. The number of halogens is 1. The van der Waals surface area contributed by atoms with Gasteiger partial charge < -0.3 is 9.47 Å². The predicted molar refractivity (Wildman–Crippen MR) is 73.9 cm³/mol. The predicted octanol–water partition coefficient (Wildman–Crippen LogP) is 3.63. The number of benzene rings is 1. The van der Waals surface area contributed by atoms with Crippen molar-refractivity contribution in [2.24, 2.45) is 5.41 Å². The molecule has 1 aliphatic heterocycles. The fraction of sp³-hybridized carbons (Fsp3) is 0.600. The van der Waals surface area contributed by atoms with E-state index in [1.165, 1.54) is 5.56 Å². The molecule has 1 aliphatic rings. The summed E-state index contributed by atoms with van der Waals surface area (Å²) < 4.78 is 11.2. The van der Waals surface area contributed by atoms with Gasteiger partial charge in [0.2, 0.25) is 0 Å². The van der Waals surface area contributed by atoms with E-state index >= 15 is 0 Å². The zero-order valence-electron chi connectivity index (χ0n) is 10.7. The van der Waals surface area contributed by atoms with Crippen LogP contribution in [0.4, 0.5) is 0 Å². The summed E-state index contributed by atoms with van der Waals surface area (Å²) in [4.78, 5) is 0. The Morgan fingerprint density at radius 2 is 1.89 bits per heavy atom. The van der Waals surface area contributed by atoms with Crippen molar-refractivity contribution in [2.45, 2.75) is 25.9 Å². The maximum Gasteiger partial charge on any atom is 0.0716 e. The molecular formula is C15H21ClO2. The van der Waals surface area contributed by atoms with Gasteiger partial charge >= 0.3 is 0 Å². The largest absolute Gasteiger partial charge is 0.381 e. The van der Waals surface area contributed by atoms with Crippen LogP contribution in [0.1, 0.15) is 24.8 Å². The molecule has 0 radical (unpaired) electrons. The van der Waals surface area contributed by atoms with Crippen LogP contribution in [0.15, 0.2) is 30.3 Å². The van der Waals surface area contributed by atoms with Crippen LogP contribution >= 0.6 is 11.6 Å². The Kier molecular flexibility index (Phi) is 5.48. The van der Waals surface area contributed by atoms with E-state index in [4.69, 9.17) is 21.1 Å². The normalized spacial score (nSPS) is 18.7. The van der Waals surface area contributed by atoms with Gasteiger partial charge in [0.1, 0.15) is 0 Å². The highest BCUT2D eigenvalue weighted by Gasteiger charge is 2.31. The molecular weight excluding hydrogens is 248 g/mol. The lowest BCUT2D eigenvalue weighted by Crippen LogP contribution is -2.32. The highest BCUT2D eigenvalue weighted by molar-refractivity contribution is 6.18. The molecule has 2 nitrogen and oxygen atoms in total. The van der Waals surface area contributed by atoms with Gasteiger partial charge in [0, 0.05) is 25.7 Å². The van der Waals surface area contributed by atoms with Crippen molar-refractivity contribution >= 4 is 11.6 Å². The molecule has 100 valence electrons. The highest BCUT2D eigenvalue weighted by Crippen LogP contribution is 2.35. The van der Waals surface area contributed by atoms with E-state index in [9.17, 15) is 0 Å². The van der Waals surface area contributed by atoms with Crippen LogP contribution in [0.2, 0.25) is 0 Å². The molecule has 1 heterocycles. The number of rotatable bonds is 6. The molecule has 18 heavy (non-hydrogen) atoms. The summed E-state index contributed by atoms with van der Waals surface area (Å²) in [5.41, 5.74) is 1.46. The highest BCUT2D eigenvalue weighted by atomic mass is 35.5. The second-order valence-corrected chi connectivity index (χ2v) is 5.30. The van der Waals surface area contributed by atoms with Crippen molar-refractivity contribution < 1.29 is 9.47 Å². The van der Waals surface area contributed by atoms with E-state index in [2.05, 4.69) is 12.1 Å². The van der Waals surface area contributed by atoms with Gasteiger partial charge in [0.05, 0.1) is 6.61 Å². The molecule has 1 aromatic rings. The Labute approximate surface area is 114 Å². The van der Waals surface area contributed by atoms with Crippen LogP contribution in [0.3, 0.4) is 0 Å². The van der Waals surface area contributed by atoms with E-state index in [1.807, 2.05) is 18.2 Å². The third-order valence-electron chi connectivity index (χ3n) is 3.73. The van der Waals surface area contributed by atoms with Crippen molar-refractivity contribution in [3.63, 3.8) is 0 Å². The molecule has 0 aromatic heterocycles. The number of ether oxygens (including phenoxy) is 2. The number of hydrogen-bond donors (Lipinski definition) is 0. The summed E-state index contributed by atoms with van der Waals surface area (Å²) in [6.45, 7) is 3.15. The molecule has 0 N–H and O–H groups in total. The van der Waals surface area contributed by atoms with Gasteiger partial charge in [-0.1, -0.05) is 30.3 Å². The lowest BCUT2D eigenvalue weighted by molar-refractivity contribution is 0.00233. The van der Waals surface area contributed by atoms with Crippen LogP contribution in [0.25, 0.3) is 0 Å². The maximum absolute atomic E-state index is 6.12. The third-order valence-corrected chi connectivity index (χ3v) is 4.29. The van der Waals surface area contributed by atoms with Crippen LogP contribution in [0.5, 0.6) is 0 Å². The first kappa shape index (κ1) is 13.9.